The Morgan fingerprint density at radius 3 is 2.90 bits per heavy atom. The molecule has 0 saturated carbocycles. The summed E-state index contributed by atoms with van der Waals surface area (Å²) in [7, 11) is 0. The molecule has 5 nitrogen and oxygen atoms in total. The molecule has 0 saturated heterocycles. The van der Waals surface area contributed by atoms with Crippen LogP contribution in [-0.2, 0) is 0 Å². The van der Waals surface area contributed by atoms with Crippen LogP contribution < -0.4 is 10.1 Å². The van der Waals surface area contributed by atoms with Gasteiger partial charge in [-0.25, -0.2) is 9.37 Å². The Kier molecular flexibility index (Phi) is 6.75. The van der Waals surface area contributed by atoms with Crippen LogP contribution in [0.5, 0.6) is 5.75 Å². The summed E-state index contributed by atoms with van der Waals surface area (Å²) >= 11 is 0. The van der Waals surface area contributed by atoms with E-state index in [1.54, 1.807) is 37.4 Å². The molecule has 1 amide bonds. The Morgan fingerprint density at radius 1 is 1.21 bits per heavy atom. The fourth-order valence-electron chi connectivity index (χ4n) is 2.75. The van der Waals surface area contributed by atoms with Crippen molar-refractivity contribution in [3.05, 3.63) is 59.7 Å². The Bertz CT molecular complexity index is 1090. The van der Waals surface area contributed by atoms with Crippen LogP contribution in [0.1, 0.15) is 42.2 Å². The third kappa shape index (κ3) is 5.08. The molecule has 0 aliphatic rings. The van der Waals surface area contributed by atoms with Crippen molar-refractivity contribution in [2.75, 3.05) is 11.9 Å². The second-order valence-electron chi connectivity index (χ2n) is 6.51. The van der Waals surface area contributed by atoms with Crippen LogP contribution in [0.3, 0.4) is 0 Å². The molecule has 0 fully saturated rings. The van der Waals surface area contributed by atoms with Crippen LogP contribution in [0, 0.1) is 24.6 Å². The highest BCUT2D eigenvalue weighted by atomic mass is 19.1. The minimum Gasteiger partial charge on any atom is -0.478 e. The van der Waals surface area contributed by atoms with Gasteiger partial charge in [0.1, 0.15) is 12.3 Å². The van der Waals surface area contributed by atoms with Gasteiger partial charge in [0.15, 0.2) is 11.6 Å². The van der Waals surface area contributed by atoms with E-state index < -0.39 is 11.7 Å². The number of ether oxygens (including phenoxy) is 1. The lowest BCUT2D eigenvalue weighted by Gasteiger charge is -2.11. The van der Waals surface area contributed by atoms with E-state index in [1.165, 1.54) is 12.1 Å². The lowest BCUT2D eigenvalue weighted by molar-refractivity contribution is 0.102. The molecule has 0 atom stereocenters. The number of rotatable bonds is 6. The number of aryl methyl sites for hydroxylation is 1. The van der Waals surface area contributed by atoms with Crippen molar-refractivity contribution in [2.24, 2.45) is 0 Å². The van der Waals surface area contributed by atoms with Crippen molar-refractivity contribution in [1.82, 2.24) is 9.97 Å². The summed E-state index contributed by atoms with van der Waals surface area (Å²) in [5, 5.41) is 2.58. The zero-order chi connectivity index (χ0) is 20.6. The molecule has 148 valence electrons. The number of aromatic nitrogens is 2. The smallest absolute Gasteiger partial charge is 0.274 e. The van der Waals surface area contributed by atoms with Crippen LogP contribution in [-0.4, -0.2) is 22.5 Å². The number of amides is 1. The topological polar surface area (TPSA) is 64.1 Å². The number of fused-ring (bicyclic) bond motifs is 1. The Balaban J connectivity index is 1.74. The summed E-state index contributed by atoms with van der Waals surface area (Å²) in [6.45, 7) is 3.96. The molecule has 0 bridgehead atoms. The minimum absolute atomic E-state index is 0.0268. The van der Waals surface area contributed by atoms with Gasteiger partial charge < -0.3 is 10.1 Å². The maximum Gasteiger partial charge on any atom is 0.274 e. The molecule has 1 N–H and O–H groups in total. The van der Waals surface area contributed by atoms with E-state index in [4.69, 9.17) is 4.74 Å². The molecule has 1 aromatic carbocycles. The van der Waals surface area contributed by atoms with Crippen molar-refractivity contribution < 1.29 is 13.9 Å². The molecule has 2 aromatic heterocycles. The number of carbonyl (C=O) groups is 1. The molecule has 2 heterocycles. The second kappa shape index (κ2) is 9.65. The van der Waals surface area contributed by atoms with E-state index in [0.717, 1.165) is 19.3 Å². The average molecular weight is 391 g/mol. The van der Waals surface area contributed by atoms with E-state index in [9.17, 15) is 9.18 Å². The van der Waals surface area contributed by atoms with Crippen molar-refractivity contribution in [2.45, 2.75) is 33.1 Å². The van der Waals surface area contributed by atoms with Crippen molar-refractivity contribution in [3.63, 3.8) is 0 Å². The first-order valence-electron chi connectivity index (χ1n) is 9.51. The first-order chi connectivity index (χ1) is 14.1. The van der Waals surface area contributed by atoms with Crippen LogP contribution in [0.15, 0.2) is 42.6 Å². The van der Waals surface area contributed by atoms with Crippen LogP contribution in [0.2, 0.25) is 0 Å². The normalized spacial score (nSPS) is 10.3. The maximum atomic E-state index is 14.7. The van der Waals surface area contributed by atoms with Gasteiger partial charge in [-0.3, -0.25) is 9.78 Å². The largest absolute Gasteiger partial charge is 0.478 e. The summed E-state index contributed by atoms with van der Waals surface area (Å²) in [4.78, 5) is 21.3. The molecule has 0 aliphatic carbocycles. The molecule has 0 aliphatic heterocycles. The fraction of sp³-hybridized carbons (Fsp3) is 0.261. The van der Waals surface area contributed by atoms with Gasteiger partial charge in [0.25, 0.3) is 5.91 Å². The standard InChI is InChI=1S/C23H22FN3O2/c1-3-4-5-6-7-14-29-20-12-8-10-18(21(20)24)27-23(28)22-16(2)15-19-17(26-22)11-9-13-25-19/h8-13,15H,3-5,14H2,1-2H3,(H,27,28). The van der Waals surface area contributed by atoms with E-state index in [-0.39, 0.29) is 23.7 Å². The first kappa shape index (κ1) is 20.3. The lowest BCUT2D eigenvalue weighted by Crippen LogP contribution is -2.16. The number of anilines is 1. The van der Waals surface area contributed by atoms with Gasteiger partial charge in [-0.2, -0.15) is 0 Å². The van der Waals surface area contributed by atoms with Gasteiger partial charge in [0, 0.05) is 12.6 Å². The van der Waals surface area contributed by atoms with E-state index >= 15 is 0 Å². The number of halogens is 1. The van der Waals surface area contributed by atoms with E-state index in [1.807, 2.05) is 0 Å². The number of unbranched alkanes of at least 4 members (excludes halogenated alkanes) is 2. The first-order valence-corrected chi connectivity index (χ1v) is 9.51. The molecule has 3 rings (SSSR count). The van der Waals surface area contributed by atoms with Gasteiger partial charge >= 0.3 is 0 Å². The summed E-state index contributed by atoms with van der Waals surface area (Å²) in [5.41, 5.74) is 2.20. The Labute approximate surface area is 169 Å². The number of hydrogen-bond acceptors (Lipinski definition) is 4. The van der Waals surface area contributed by atoms with Crippen LogP contribution in [0.25, 0.3) is 11.0 Å². The molecule has 6 heteroatoms. The molecule has 29 heavy (non-hydrogen) atoms. The Hall–Kier alpha value is -3.46. The van der Waals surface area contributed by atoms with E-state index in [2.05, 4.69) is 34.0 Å². The number of nitrogens with zero attached hydrogens (tertiary/aromatic N) is 2. The highest BCUT2D eigenvalue weighted by Crippen LogP contribution is 2.25. The third-order valence-electron chi connectivity index (χ3n) is 4.28. The van der Waals surface area contributed by atoms with Crippen LogP contribution in [0.4, 0.5) is 10.1 Å². The van der Waals surface area contributed by atoms with Crippen LogP contribution >= 0.6 is 0 Å². The molecule has 3 aromatic rings. The monoisotopic (exact) mass is 391 g/mol. The SMILES string of the molecule is CCCCC#CCOc1cccc(NC(=O)c2nc3cccnc3cc2C)c1F. The van der Waals surface area contributed by atoms with Gasteiger partial charge in [0.05, 0.1) is 16.7 Å². The zero-order valence-electron chi connectivity index (χ0n) is 16.5. The van der Waals surface area contributed by atoms with Gasteiger partial charge in [0.2, 0.25) is 0 Å². The zero-order valence-corrected chi connectivity index (χ0v) is 16.5. The highest BCUT2D eigenvalue weighted by Gasteiger charge is 2.16. The quantitative estimate of drug-likeness (QED) is 0.479. The molecular formula is C23H22FN3O2. The Morgan fingerprint density at radius 2 is 2.07 bits per heavy atom. The lowest BCUT2D eigenvalue weighted by atomic mass is 10.1. The fourth-order valence-corrected chi connectivity index (χ4v) is 2.75. The predicted octanol–water partition coefficient (Wildman–Crippen LogP) is 4.90. The predicted molar refractivity (Wildman–Crippen MR) is 111 cm³/mol. The van der Waals surface area contributed by atoms with Gasteiger partial charge in [-0.1, -0.05) is 31.3 Å². The highest BCUT2D eigenvalue weighted by molar-refractivity contribution is 6.05. The number of hydrogen-bond donors (Lipinski definition) is 1. The van der Waals surface area contributed by atoms with Gasteiger partial charge in [-0.05, 0) is 49.2 Å². The van der Waals surface area contributed by atoms with Crippen molar-refractivity contribution in [1.29, 1.82) is 0 Å². The maximum absolute atomic E-state index is 14.7. The second-order valence-corrected chi connectivity index (χ2v) is 6.51. The summed E-state index contributed by atoms with van der Waals surface area (Å²) in [6.07, 6.45) is 4.57. The summed E-state index contributed by atoms with van der Waals surface area (Å²) in [5.74, 6) is 4.75. The third-order valence-corrected chi connectivity index (χ3v) is 4.28. The summed E-state index contributed by atoms with van der Waals surface area (Å²) in [6, 6.07) is 9.90. The molecule has 0 radical (unpaired) electrons. The number of benzene rings is 1. The summed E-state index contributed by atoms with van der Waals surface area (Å²) < 4.78 is 20.1. The molecular weight excluding hydrogens is 369 g/mol. The number of carbonyl (C=O) groups excluding carboxylic acids is 1. The average Bonchev–Trinajstić information content (AvgIpc) is 2.72. The molecule has 0 unspecified atom stereocenters. The van der Waals surface area contributed by atoms with Gasteiger partial charge in [-0.15, -0.1) is 0 Å². The minimum atomic E-state index is -0.642. The number of nitrogens with one attached hydrogen (secondary N) is 1. The van der Waals surface area contributed by atoms with E-state index in [0.29, 0.717) is 16.6 Å². The van der Waals surface area contributed by atoms with Crippen molar-refractivity contribution in [3.8, 4) is 17.6 Å². The number of pyridine rings is 2. The van der Waals surface area contributed by atoms with Crippen molar-refractivity contribution >= 4 is 22.6 Å². The molecule has 0 spiro atoms.